The number of nitrogens with one attached hydrogen (secondary N) is 1. The number of aryl methyl sites for hydroxylation is 1. The Balaban J connectivity index is 1.20. The number of benzene rings is 3. The number of hydrogen-bond donors (Lipinski definition) is 2. The molecule has 0 radical (unpaired) electrons. The van der Waals surface area contributed by atoms with Gasteiger partial charge in [-0.1, -0.05) is 30.3 Å². The van der Waals surface area contributed by atoms with Crippen molar-refractivity contribution in [3.05, 3.63) is 83.9 Å². The van der Waals surface area contributed by atoms with E-state index in [1.807, 2.05) is 54.7 Å². The van der Waals surface area contributed by atoms with E-state index in [-0.39, 0.29) is 17.6 Å². The van der Waals surface area contributed by atoms with Crippen molar-refractivity contribution < 1.29 is 26.7 Å². The first-order valence-electron chi connectivity index (χ1n) is 11.7. The van der Waals surface area contributed by atoms with Crippen molar-refractivity contribution in [1.29, 1.82) is 0 Å². The standard InChI is InChI=1S/C27H28N2O5S2/c30-27-15-8-22-18-25(13-14-26(22)28-27)33-17-5-4-16-29(35)23-9-11-24(12-10-23)34-20-36(31,32)19-21-6-2-1-3-7-21/h1-3,6-7,9-14,16,18H,4-5,8,15,17,19-20H2,(H-,28,30,35)/p+1. The molecule has 3 aromatic rings. The van der Waals surface area contributed by atoms with Crippen LogP contribution in [0, 0.1) is 0 Å². The predicted octanol–water partition coefficient (Wildman–Crippen LogP) is 4.94. The molecule has 0 fully saturated rings. The highest BCUT2D eigenvalue weighted by atomic mass is 32.2. The molecule has 3 aromatic carbocycles. The number of amides is 1. The first-order chi connectivity index (χ1) is 17.4. The molecule has 188 valence electrons. The average Bonchev–Trinajstić information content (AvgIpc) is 2.88. The van der Waals surface area contributed by atoms with E-state index in [0.717, 1.165) is 47.5 Å². The zero-order valence-electron chi connectivity index (χ0n) is 19.8. The first-order valence-corrected chi connectivity index (χ1v) is 13.9. The Kier molecular flexibility index (Phi) is 8.66. The SMILES string of the molecule is O=C1CCc2cc(OCCCC=[N+](S)c3ccc(OCS(=O)(=O)Cc4ccccc4)cc3)ccc2N1. The molecule has 1 aliphatic rings. The fourth-order valence-electron chi connectivity index (χ4n) is 3.76. The summed E-state index contributed by atoms with van der Waals surface area (Å²) in [5, 5.41) is 2.87. The van der Waals surface area contributed by atoms with Gasteiger partial charge in [0.2, 0.25) is 11.6 Å². The predicted molar refractivity (Wildman–Crippen MR) is 144 cm³/mol. The Morgan fingerprint density at radius 2 is 1.69 bits per heavy atom. The van der Waals surface area contributed by atoms with Crippen molar-refractivity contribution in [2.24, 2.45) is 0 Å². The minimum Gasteiger partial charge on any atom is -0.494 e. The summed E-state index contributed by atoms with van der Waals surface area (Å²) in [7, 11) is -3.39. The van der Waals surface area contributed by atoms with Crippen LogP contribution in [0.15, 0.2) is 72.8 Å². The van der Waals surface area contributed by atoms with E-state index in [1.54, 1.807) is 28.2 Å². The number of nitrogens with zero attached hydrogens (tertiary/aromatic N) is 1. The van der Waals surface area contributed by atoms with Crippen molar-refractivity contribution in [3.63, 3.8) is 0 Å². The third-order valence-corrected chi connectivity index (χ3v) is 7.27. The maximum atomic E-state index is 12.3. The molecule has 36 heavy (non-hydrogen) atoms. The minimum absolute atomic E-state index is 0.0527. The average molecular weight is 526 g/mol. The lowest BCUT2D eigenvalue weighted by atomic mass is 10.0. The molecule has 0 saturated heterocycles. The Morgan fingerprint density at radius 1 is 0.944 bits per heavy atom. The molecule has 1 N–H and O–H groups in total. The van der Waals surface area contributed by atoms with Crippen LogP contribution in [-0.2, 0) is 26.8 Å². The number of fused-ring (bicyclic) bond motifs is 1. The second-order valence-corrected chi connectivity index (χ2v) is 11.0. The summed E-state index contributed by atoms with van der Waals surface area (Å²) in [5.41, 5.74) is 3.54. The molecule has 1 amide bonds. The van der Waals surface area contributed by atoms with Gasteiger partial charge in [0.1, 0.15) is 24.3 Å². The van der Waals surface area contributed by atoms with Crippen LogP contribution >= 0.6 is 12.8 Å². The van der Waals surface area contributed by atoms with Gasteiger partial charge in [-0.25, -0.2) is 8.42 Å². The van der Waals surface area contributed by atoms with Gasteiger partial charge in [-0.15, -0.1) is 3.98 Å². The van der Waals surface area contributed by atoms with E-state index in [9.17, 15) is 13.2 Å². The van der Waals surface area contributed by atoms with E-state index in [0.29, 0.717) is 18.8 Å². The summed E-state index contributed by atoms with van der Waals surface area (Å²) < 4.78 is 37.7. The Bertz CT molecular complexity index is 1320. The van der Waals surface area contributed by atoms with Gasteiger partial charge in [0.15, 0.2) is 22.0 Å². The largest absolute Gasteiger partial charge is 0.494 e. The van der Waals surface area contributed by atoms with Crippen LogP contribution in [-0.4, -0.2) is 37.1 Å². The molecule has 9 heteroatoms. The van der Waals surface area contributed by atoms with Crippen LogP contribution < -0.4 is 14.8 Å². The summed E-state index contributed by atoms with van der Waals surface area (Å²) in [4.78, 5) is 11.5. The third-order valence-electron chi connectivity index (χ3n) is 5.63. The van der Waals surface area contributed by atoms with Gasteiger partial charge in [-0.2, -0.15) is 0 Å². The second kappa shape index (κ2) is 12.1. The Labute approximate surface area is 217 Å². The van der Waals surface area contributed by atoms with E-state index in [1.165, 1.54) is 0 Å². The van der Waals surface area contributed by atoms with E-state index in [4.69, 9.17) is 9.47 Å². The normalized spacial score (nSPS) is 13.6. The summed E-state index contributed by atoms with van der Waals surface area (Å²) in [6.45, 7) is 0.563. The van der Waals surface area contributed by atoms with Gasteiger partial charge in [0.25, 0.3) is 0 Å². The lowest BCUT2D eigenvalue weighted by Crippen LogP contribution is -2.18. The molecular weight excluding hydrogens is 496 g/mol. The molecule has 4 rings (SSSR count). The highest BCUT2D eigenvalue weighted by Crippen LogP contribution is 2.27. The molecule has 0 unspecified atom stereocenters. The number of carbonyl (C=O) groups is 1. The summed E-state index contributed by atoms with van der Waals surface area (Å²) in [6, 6.07) is 21.9. The van der Waals surface area contributed by atoms with Crippen molar-refractivity contribution >= 4 is 46.1 Å². The fourth-order valence-corrected chi connectivity index (χ4v) is 5.11. The summed E-state index contributed by atoms with van der Waals surface area (Å²) in [6.07, 6.45) is 4.76. The number of sulfone groups is 1. The van der Waals surface area contributed by atoms with Gasteiger partial charge in [0.05, 0.1) is 12.4 Å². The Morgan fingerprint density at radius 3 is 2.47 bits per heavy atom. The zero-order chi connectivity index (χ0) is 25.4. The lowest BCUT2D eigenvalue weighted by molar-refractivity contribution is -0.228. The maximum absolute atomic E-state index is 12.3. The number of thiol groups is 1. The van der Waals surface area contributed by atoms with Gasteiger partial charge < -0.3 is 14.8 Å². The second-order valence-electron chi connectivity index (χ2n) is 8.51. The number of ether oxygens (including phenoxy) is 2. The molecule has 0 spiro atoms. The van der Waals surface area contributed by atoms with Crippen molar-refractivity contribution in [2.45, 2.75) is 31.4 Å². The quantitative estimate of drug-likeness (QED) is 0.160. The van der Waals surface area contributed by atoms with Crippen LogP contribution in [0.3, 0.4) is 0 Å². The molecule has 7 nitrogen and oxygen atoms in total. The van der Waals surface area contributed by atoms with Crippen molar-refractivity contribution in [2.75, 3.05) is 17.9 Å². The lowest BCUT2D eigenvalue weighted by Gasteiger charge is -2.17. The Hall–Kier alpha value is -3.30. The molecule has 0 saturated carbocycles. The molecule has 0 bridgehead atoms. The molecule has 1 aliphatic heterocycles. The van der Waals surface area contributed by atoms with Gasteiger partial charge in [0, 0.05) is 30.7 Å². The molecular formula is C27H29N2O5S2+. The highest BCUT2D eigenvalue weighted by Gasteiger charge is 2.15. The molecule has 0 aliphatic carbocycles. The highest BCUT2D eigenvalue weighted by molar-refractivity contribution is 7.90. The molecule has 1 heterocycles. The van der Waals surface area contributed by atoms with E-state index in [2.05, 4.69) is 18.1 Å². The van der Waals surface area contributed by atoms with Gasteiger partial charge >= 0.3 is 0 Å². The smallest absolute Gasteiger partial charge is 0.224 e. The monoisotopic (exact) mass is 525 g/mol. The molecule has 0 aromatic heterocycles. The maximum Gasteiger partial charge on any atom is 0.224 e. The van der Waals surface area contributed by atoms with Crippen molar-refractivity contribution in [3.8, 4) is 11.5 Å². The van der Waals surface area contributed by atoms with Gasteiger partial charge in [-0.05, 0) is 54.3 Å². The number of hydrogen-bond acceptors (Lipinski definition) is 6. The number of carbonyl (C=O) groups excluding carboxylic acids is 1. The van der Waals surface area contributed by atoms with Crippen LogP contribution in [0.1, 0.15) is 30.4 Å². The van der Waals surface area contributed by atoms with E-state index < -0.39 is 9.84 Å². The van der Waals surface area contributed by atoms with Gasteiger partial charge in [-0.3, -0.25) is 4.79 Å². The number of anilines is 1. The van der Waals surface area contributed by atoms with Crippen LogP contribution in [0.25, 0.3) is 0 Å². The number of unbranched alkanes of at least 4 members (excludes halogenated alkanes) is 1. The molecule has 0 atom stereocenters. The number of rotatable bonds is 11. The summed E-state index contributed by atoms with van der Waals surface area (Å²) >= 11 is 4.51. The van der Waals surface area contributed by atoms with Crippen LogP contribution in [0.5, 0.6) is 11.5 Å². The third kappa shape index (κ3) is 7.60. The van der Waals surface area contributed by atoms with Crippen molar-refractivity contribution in [1.82, 2.24) is 0 Å². The first kappa shape index (κ1) is 25.8. The fraction of sp³-hybridized carbons (Fsp3) is 0.259. The topological polar surface area (TPSA) is 84.7 Å². The van der Waals surface area contributed by atoms with E-state index >= 15 is 0 Å². The van der Waals surface area contributed by atoms with Crippen LogP contribution in [0.4, 0.5) is 11.4 Å². The van der Waals surface area contributed by atoms with Crippen LogP contribution in [0.2, 0.25) is 0 Å². The minimum atomic E-state index is -3.39. The summed E-state index contributed by atoms with van der Waals surface area (Å²) in [5.74, 6) is 0.900. The zero-order valence-corrected chi connectivity index (χ0v) is 21.5.